The number of carbonyl (C=O) groups excluding carboxylic acids is 2. The van der Waals surface area contributed by atoms with Crippen LogP contribution in [0, 0.1) is 6.92 Å². The maximum atomic E-state index is 13.5. The van der Waals surface area contributed by atoms with Crippen LogP contribution in [0.4, 0.5) is 5.69 Å². The number of amides is 2. The van der Waals surface area contributed by atoms with E-state index in [1.165, 1.54) is 4.90 Å². The molecule has 0 aromatic heterocycles. The van der Waals surface area contributed by atoms with Crippen molar-refractivity contribution in [2.75, 3.05) is 17.1 Å². The second-order valence-corrected chi connectivity index (χ2v) is 11.5. The van der Waals surface area contributed by atoms with Crippen LogP contribution in [0.2, 0.25) is 5.02 Å². The summed E-state index contributed by atoms with van der Waals surface area (Å²) in [4.78, 5) is 27.6. The van der Waals surface area contributed by atoms with Crippen LogP contribution in [0.3, 0.4) is 0 Å². The Balaban J connectivity index is 2.42. The highest BCUT2D eigenvalue weighted by Gasteiger charge is 2.30. The number of benzene rings is 2. The summed E-state index contributed by atoms with van der Waals surface area (Å²) in [7, 11) is -3.79. The van der Waals surface area contributed by atoms with Gasteiger partial charge in [-0.05, 0) is 69.2 Å². The Morgan fingerprint density at radius 1 is 1.12 bits per heavy atom. The Morgan fingerprint density at radius 2 is 1.79 bits per heavy atom. The third-order valence-corrected chi connectivity index (χ3v) is 6.80. The van der Waals surface area contributed by atoms with Crippen molar-refractivity contribution < 1.29 is 18.0 Å². The predicted octanol–water partition coefficient (Wildman–Crippen LogP) is 4.12. The number of nitrogens with one attached hydrogen (secondary N) is 1. The van der Waals surface area contributed by atoms with Crippen LogP contribution in [0.25, 0.3) is 0 Å². The second-order valence-electron chi connectivity index (χ2n) is 8.19. The number of rotatable bonds is 9. The minimum Gasteiger partial charge on any atom is -0.352 e. The zero-order chi connectivity index (χ0) is 24.9. The number of anilines is 1. The van der Waals surface area contributed by atoms with Crippen molar-refractivity contribution in [1.29, 1.82) is 0 Å². The molecule has 2 aromatic rings. The van der Waals surface area contributed by atoms with Gasteiger partial charge in [0.25, 0.3) is 0 Å². The minimum atomic E-state index is -3.79. The van der Waals surface area contributed by atoms with Gasteiger partial charge in [-0.2, -0.15) is 0 Å². The Kier molecular flexibility index (Phi) is 9.34. The molecule has 0 fully saturated rings. The molecule has 2 aromatic carbocycles. The number of carbonyl (C=O) groups is 2. The summed E-state index contributed by atoms with van der Waals surface area (Å²) < 4.78 is 27.1. The molecule has 7 nitrogen and oxygen atoms in total. The standard InChI is InChI=1S/C23H29BrClN3O4S/c1-15(2)26-23(30)17(4)27(13-18-7-6-8-19(24)12-18)22(29)14-28(33(5,31)32)21-10-9-20(25)11-16(21)3/h6-12,15,17H,13-14H2,1-5H3,(H,26,30)/t17-/m0/s1. The lowest BCUT2D eigenvalue weighted by molar-refractivity contribution is -0.139. The highest BCUT2D eigenvalue weighted by Crippen LogP contribution is 2.26. The number of aryl methyl sites for hydroxylation is 1. The summed E-state index contributed by atoms with van der Waals surface area (Å²) in [6.07, 6.45) is 1.04. The van der Waals surface area contributed by atoms with Crippen molar-refractivity contribution in [2.24, 2.45) is 0 Å². The fraction of sp³-hybridized carbons (Fsp3) is 0.391. The Labute approximate surface area is 209 Å². The fourth-order valence-electron chi connectivity index (χ4n) is 3.31. The van der Waals surface area contributed by atoms with Crippen molar-refractivity contribution in [3.05, 3.63) is 63.1 Å². The molecule has 1 atom stereocenters. The van der Waals surface area contributed by atoms with E-state index in [1.807, 2.05) is 38.1 Å². The summed E-state index contributed by atoms with van der Waals surface area (Å²) >= 11 is 9.44. The largest absolute Gasteiger partial charge is 0.352 e. The summed E-state index contributed by atoms with van der Waals surface area (Å²) in [5.74, 6) is -0.817. The molecule has 0 aliphatic heterocycles. The lowest BCUT2D eigenvalue weighted by atomic mass is 10.1. The second kappa shape index (κ2) is 11.4. The molecule has 2 rings (SSSR count). The van der Waals surface area contributed by atoms with E-state index in [0.29, 0.717) is 16.3 Å². The zero-order valence-corrected chi connectivity index (χ0v) is 22.5. The van der Waals surface area contributed by atoms with Gasteiger partial charge in [0.2, 0.25) is 21.8 Å². The van der Waals surface area contributed by atoms with Gasteiger partial charge in [-0.25, -0.2) is 8.42 Å². The van der Waals surface area contributed by atoms with Gasteiger partial charge in [0, 0.05) is 22.1 Å². The summed E-state index contributed by atoms with van der Waals surface area (Å²) in [6.45, 7) is 6.71. The molecule has 0 unspecified atom stereocenters. The Bertz CT molecular complexity index is 1120. The molecule has 180 valence electrons. The zero-order valence-electron chi connectivity index (χ0n) is 19.3. The Morgan fingerprint density at radius 3 is 2.33 bits per heavy atom. The summed E-state index contributed by atoms with van der Waals surface area (Å²) in [5, 5.41) is 3.28. The molecular formula is C23H29BrClN3O4S. The first-order valence-electron chi connectivity index (χ1n) is 10.4. The molecule has 0 spiro atoms. The molecule has 0 heterocycles. The average Bonchev–Trinajstić information content (AvgIpc) is 2.69. The topological polar surface area (TPSA) is 86.8 Å². The molecule has 0 radical (unpaired) electrons. The highest BCUT2D eigenvalue weighted by molar-refractivity contribution is 9.10. The molecule has 10 heteroatoms. The van der Waals surface area contributed by atoms with Gasteiger partial charge < -0.3 is 10.2 Å². The number of halogens is 2. The van der Waals surface area contributed by atoms with Gasteiger partial charge >= 0.3 is 0 Å². The van der Waals surface area contributed by atoms with Crippen LogP contribution in [0.5, 0.6) is 0 Å². The number of hydrogen-bond acceptors (Lipinski definition) is 4. The first-order chi connectivity index (χ1) is 15.3. The summed E-state index contributed by atoms with van der Waals surface area (Å²) in [5.41, 5.74) is 1.78. The van der Waals surface area contributed by atoms with Crippen LogP contribution < -0.4 is 9.62 Å². The molecule has 33 heavy (non-hydrogen) atoms. The van der Waals surface area contributed by atoms with Crippen molar-refractivity contribution in [3.63, 3.8) is 0 Å². The van der Waals surface area contributed by atoms with Gasteiger partial charge in [-0.15, -0.1) is 0 Å². The van der Waals surface area contributed by atoms with E-state index in [4.69, 9.17) is 11.6 Å². The van der Waals surface area contributed by atoms with Crippen LogP contribution in [0.15, 0.2) is 46.9 Å². The molecule has 0 saturated heterocycles. The van der Waals surface area contributed by atoms with Crippen molar-refractivity contribution >= 4 is 55.1 Å². The SMILES string of the molecule is Cc1cc(Cl)ccc1N(CC(=O)N(Cc1cccc(Br)c1)[C@@H](C)C(=O)NC(C)C)S(C)(=O)=O. The lowest BCUT2D eigenvalue weighted by Crippen LogP contribution is -2.52. The third kappa shape index (κ3) is 7.72. The maximum absolute atomic E-state index is 13.5. The minimum absolute atomic E-state index is 0.105. The van der Waals surface area contributed by atoms with Crippen molar-refractivity contribution in [1.82, 2.24) is 10.2 Å². The van der Waals surface area contributed by atoms with Crippen molar-refractivity contribution in [3.8, 4) is 0 Å². The van der Waals surface area contributed by atoms with E-state index >= 15 is 0 Å². The van der Waals surface area contributed by atoms with E-state index in [0.717, 1.165) is 20.6 Å². The first kappa shape index (κ1) is 27.1. The normalized spacial score (nSPS) is 12.4. The van der Waals surface area contributed by atoms with Crippen molar-refractivity contribution in [2.45, 2.75) is 46.3 Å². The first-order valence-corrected chi connectivity index (χ1v) is 13.4. The van der Waals surface area contributed by atoms with E-state index in [2.05, 4.69) is 21.2 Å². The lowest BCUT2D eigenvalue weighted by Gasteiger charge is -2.32. The molecular weight excluding hydrogens is 530 g/mol. The monoisotopic (exact) mass is 557 g/mol. The van der Waals surface area contributed by atoms with E-state index in [-0.39, 0.29) is 18.5 Å². The van der Waals surface area contributed by atoms with Crippen LogP contribution in [-0.2, 0) is 26.2 Å². The molecule has 0 saturated carbocycles. The van der Waals surface area contributed by atoms with E-state index in [9.17, 15) is 18.0 Å². The number of hydrogen-bond donors (Lipinski definition) is 1. The average molecular weight is 559 g/mol. The molecule has 0 bridgehead atoms. The predicted molar refractivity (Wildman–Crippen MR) is 136 cm³/mol. The van der Waals surface area contributed by atoms with Crippen LogP contribution in [-0.4, -0.2) is 50.0 Å². The molecule has 1 N–H and O–H groups in total. The molecule has 2 amide bonds. The van der Waals surface area contributed by atoms with E-state index in [1.54, 1.807) is 32.0 Å². The molecule has 0 aliphatic carbocycles. The fourth-order valence-corrected chi connectivity index (χ4v) is 4.89. The van der Waals surface area contributed by atoms with Gasteiger partial charge in [-0.3, -0.25) is 13.9 Å². The quantitative estimate of drug-likeness (QED) is 0.502. The van der Waals surface area contributed by atoms with E-state index < -0.39 is 28.5 Å². The van der Waals surface area contributed by atoms with Gasteiger partial charge in [0.1, 0.15) is 12.6 Å². The summed E-state index contributed by atoms with van der Waals surface area (Å²) in [6, 6.07) is 11.3. The Hall–Kier alpha value is -2.10. The third-order valence-electron chi connectivity index (χ3n) is 4.95. The molecule has 0 aliphatic rings. The highest BCUT2D eigenvalue weighted by atomic mass is 79.9. The van der Waals surface area contributed by atoms with Gasteiger partial charge in [0.15, 0.2) is 0 Å². The van der Waals surface area contributed by atoms with Crippen LogP contribution >= 0.6 is 27.5 Å². The maximum Gasteiger partial charge on any atom is 0.244 e. The number of sulfonamides is 1. The van der Waals surface area contributed by atoms with Gasteiger partial charge in [-0.1, -0.05) is 39.7 Å². The number of nitrogens with zero attached hydrogens (tertiary/aromatic N) is 2. The smallest absolute Gasteiger partial charge is 0.244 e. The van der Waals surface area contributed by atoms with Crippen LogP contribution in [0.1, 0.15) is 31.9 Å². The van der Waals surface area contributed by atoms with Gasteiger partial charge in [0.05, 0.1) is 11.9 Å².